The number of carboxylic acid groups (broad SMARTS) is 1. The van der Waals surface area contributed by atoms with E-state index in [1.807, 2.05) is 0 Å². The molecule has 1 aromatic heterocycles. The SMILES string of the molecule is Cc1cnc(N)c(S(=O)(=O)N(C)c2cccc(CCC(=O)O)c2)c1. The molecule has 128 valence electrons. The molecule has 3 N–H and O–H groups in total. The van der Waals surface area contributed by atoms with Crippen LogP contribution in [0.1, 0.15) is 17.5 Å². The fourth-order valence-electron chi connectivity index (χ4n) is 2.20. The highest BCUT2D eigenvalue weighted by Crippen LogP contribution is 2.26. The van der Waals surface area contributed by atoms with Crippen LogP contribution in [0, 0.1) is 6.92 Å². The molecule has 8 heteroatoms. The third kappa shape index (κ3) is 3.83. The van der Waals surface area contributed by atoms with Crippen molar-refractivity contribution in [2.45, 2.75) is 24.7 Å². The predicted molar refractivity (Wildman–Crippen MR) is 91.4 cm³/mol. The van der Waals surface area contributed by atoms with E-state index in [1.54, 1.807) is 31.2 Å². The lowest BCUT2D eigenvalue weighted by Gasteiger charge is -2.21. The Hall–Kier alpha value is -2.61. The number of hydrogen-bond acceptors (Lipinski definition) is 5. The molecule has 24 heavy (non-hydrogen) atoms. The topological polar surface area (TPSA) is 114 Å². The van der Waals surface area contributed by atoms with Crippen LogP contribution in [0.25, 0.3) is 0 Å². The fraction of sp³-hybridized carbons (Fsp3) is 0.250. The molecule has 0 saturated heterocycles. The maximum absolute atomic E-state index is 12.8. The van der Waals surface area contributed by atoms with Crippen LogP contribution in [0.5, 0.6) is 0 Å². The van der Waals surface area contributed by atoms with Gasteiger partial charge in [-0.25, -0.2) is 13.4 Å². The summed E-state index contributed by atoms with van der Waals surface area (Å²) in [6.45, 7) is 1.73. The number of sulfonamides is 1. The second kappa shape index (κ2) is 6.88. The average molecular weight is 349 g/mol. The summed E-state index contributed by atoms with van der Waals surface area (Å²) in [5, 5.41) is 8.76. The maximum atomic E-state index is 12.8. The number of anilines is 2. The number of nitrogens with zero attached hydrogens (tertiary/aromatic N) is 2. The summed E-state index contributed by atoms with van der Waals surface area (Å²) in [5.41, 5.74) is 7.58. The van der Waals surface area contributed by atoms with Crippen molar-refractivity contribution in [3.05, 3.63) is 47.7 Å². The van der Waals surface area contributed by atoms with E-state index < -0.39 is 16.0 Å². The van der Waals surface area contributed by atoms with Gasteiger partial charge in [-0.2, -0.15) is 0 Å². The number of aliphatic carboxylic acids is 1. The van der Waals surface area contributed by atoms with Crippen molar-refractivity contribution in [3.63, 3.8) is 0 Å². The zero-order valence-electron chi connectivity index (χ0n) is 13.4. The molecule has 0 spiro atoms. The maximum Gasteiger partial charge on any atom is 0.303 e. The van der Waals surface area contributed by atoms with E-state index in [0.717, 1.165) is 9.87 Å². The Morgan fingerprint density at radius 2 is 2.04 bits per heavy atom. The highest BCUT2D eigenvalue weighted by Gasteiger charge is 2.25. The molecule has 0 amide bonds. The molecule has 0 saturated carbocycles. The molecule has 2 rings (SSSR count). The van der Waals surface area contributed by atoms with E-state index in [9.17, 15) is 13.2 Å². The molecule has 2 aromatic rings. The van der Waals surface area contributed by atoms with Gasteiger partial charge in [0.15, 0.2) is 0 Å². The first-order valence-corrected chi connectivity index (χ1v) is 8.67. The summed E-state index contributed by atoms with van der Waals surface area (Å²) in [5.74, 6) is -0.963. The molecule has 0 fully saturated rings. The molecule has 7 nitrogen and oxygen atoms in total. The van der Waals surface area contributed by atoms with E-state index in [2.05, 4.69) is 4.98 Å². The molecule has 1 aromatic carbocycles. The van der Waals surface area contributed by atoms with Gasteiger partial charge in [0.25, 0.3) is 10.0 Å². The third-order valence-corrected chi connectivity index (χ3v) is 5.37. The summed E-state index contributed by atoms with van der Waals surface area (Å²) in [4.78, 5) is 14.5. The Morgan fingerprint density at radius 1 is 1.33 bits per heavy atom. The van der Waals surface area contributed by atoms with Gasteiger partial charge in [-0.3, -0.25) is 9.10 Å². The van der Waals surface area contributed by atoms with Gasteiger partial charge in [-0.1, -0.05) is 12.1 Å². The van der Waals surface area contributed by atoms with Crippen LogP contribution in [0.2, 0.25) is 0 Å². The number of carboxylic acids is 1. The number of nitrogen functional groups attached to an aromatic ring is 1. The predicted octanol–water partition coefficient (Wildman–Crippen LogP) is 1.81. The van der Waals surface area contributed by atoms with Crippen molar-refractivity contribution in [2.75, 3.05) is 17.1 Å². The molecule has 0 unspecified atom stereocenters. The minimum atomic E-state index is -3.86. The Kier molecular flexibility index (Phi) is 5.08. The van der Waals surface area contributed by atoms with Gasteiger partial charge in [-0.05, 0) is 42.7 Å². The van der Waals surface area contributed by atoms with Crippen LogP contribution >= 0.6 is 0 Å². The van der Waals surface area contributed by atoms with Crippen LogP contribution in [-0.2, 0) is 21.2 Å². The summed E-state index contributed by atoms with van der Waals surface area (Å²) in [6.07, 6.45) is 1.81. The first kappa shape index (κ1) is 17.7. The van der Waals surface area contributed by atoms with Crippen LogP contribution in [-0.4, -0.2) is 31.5 Å². The van der Waals surface area contributed by atoms with Crippen molar-refractivity contribution in [2.24, 2.45) is 0 Å². The van der Waals surface area contributed by atoms with Gasteiger partial charge in [0.2, 0.25) is 0 Å². The van der Waals surface area contributed by atoms with Gasteiger partial charge in [0, 0.05) is 19.7 Å². The number of benzene rings is 1. The van der Waals surface area contributed by atoms with Crippen molar-refractivity contribution in [1.29, 1.82) is 0 Å². The molecule has 0 atom stereocenters. The fourth-order valence-corrected chi connectivity index (χ4v) is 3.54. The van der Waals surface area contributed by atoms with Crippen molar-refractivity contribution < 1.29 is 18.3 Å². The lowest BCUT2D eigenvalue weighted by atomic mass is 10.1. The number of rotatable bonds is 6. The normalized spacial score (nSPS) is 11.2. The first-order valence-electron chi connectivity index (χ1n) is 7.23. The number of hydrogen-bond donors (Lipinski definition) is 2. The molecule has 0 aliphatic rings. The summed E-state index contributed by atoms with van der Waals surface area (Å²) in [7, 11) is -2.44. The molecular formula is C16H19N3O4S. The second-order valence-corrected chi connectivity index (χ2v) is 7.37. The zero-order chi connectivity index (χ0) is 17.9. The van der Waals surface area contributed by atoms with Crippen molar-refractivity contribution in [3.8, 4) is 0 Å². The van der Waals surface area contributed by atoms with Crippen LogP contribution in [0.15, 0.2) is 41.4 Å². The third-order valence-electron chi connectivity index (χ3n) is 3.56. The summed E-state index contributed by atoms with van der Waals surface area (Å²) >= 11 is 0. The van der Waals surface area contributed by atoms with Crippen molar-refractivity contribution in [1.82, 2.24) is 4.98 Å². The Balaban J connectivity index is 2.36. The summed E-state index contributed by atoms with van der Waals surface area (Å²) in [6, 6.07) is 8.22. The van der Waals surface area contributed by atoms with Crippen LogP contribution in [0.4, 0.5) is 11.5 Å². The number of pyridine rings is 1. The Labute approximate surface area is 140 Å². The lowest BCUT2D eigenvalue weighted by molar-refractivity contribution is -0.136. The van der Waals surface area contributed by atoms with Gasteiger partial charge in [0.05, 0.1) is 5.69 Å². The van der Waals surface area contributed by atoms with Crippen molar-refractivity contribution >= 4 is 27.5 Å². The van der Waals surface area contributed by atoms with E-state index in [4.69, 9.17) is 10.8 Å². The van der Waals surface area contributed by atoms with E-state index in [1.165, 1.54) is 19.3 Å². The van der Waals surface area contributed by atoms with Crippen LogP contribution < -0.4 is 10.0 Å². The van der Waals surface area contributed by atoms with E-state index >= 15 is 0 Å². The van der Waals surface area contributed by atoms with Gasteiger partial charge in [-0.15, -0.1) is 0 Å². The Bertz CT molecular complexity index is 865. The monoisotopic (exact) mass is 349 g/mol. The van der Waals surface area contributed by atoms with E-state index in [-0.39, 0.29) is 17.1 Å². The lowest BCUT2D eigenvalue weighted by Crippen LogP contribution is -2.27. The highest BCUT2D eigenvalue weighted by molar-refractivity contribution is 7.93. The Morgan fingerprint density at radius 3 is 2.71 bits per heavy atom. The standard InChI is InChI=1S/C16H19N3O4S/c1-11-8-14(16(17)18-10-11)24(22,23)19(2)13-5-3-4-12(9-13)6-7-15(20)21/h3-5,8-10H,6-7H2,1-2H3,(H2,17,18)(H,20,21). The molecule has 0 radical (unpaired) electrons. The minimum absolute atomic E-state index is 0.0192. The van der Waals surface area contributed by atoms with Gasteiger partial charge >= 0.3 is 5.97 Å². The minimum Gasteiger partial charge on any atom is -0.481 e. The highest BCUT2D eigenvalue weighted by atomic mass is 32.2. The zero-order valence-corrected chi connectivity index (χ0v) is 14.2. The summed E-state index contributed by atoms with van der Waals surface area (Å²) < 4.78 is 26.7. The molecule has 1 heterocycles. The van der Waals surface area contributed by atoms with Gasteiger partial charge < -0.3 is 10.8 Å². The van der Waals surface area contributed by atoms with Gasteiger partial charge in [0.1, 0.15) is 10.7 Å². The van der Waals surface area contributed by atoms with Crippen LogP contribution in [0.3, 0.4) is 0 Å². The number of carbonyl (C=O) groups is 1. The number of nitrogens with two attached hydrogens (primary N) is 1. The molecule has 0 aliphatic carbocycles. The molecule has 0 bridgehead atoms. The number of aryl methyl sites for hydroxylation is 2. The van der Waals surface area contributed by atoms with E-state index in [0.29, 0.717) is 17.7 Å². The first-order chi connectivity index (χ1) is 11.2. The number of aromatic nitrogens is 1. The average Bonchev–Trinajstić information content (AvgIpc) is 2.54. The second-order valence-electron chi connectivity index (χ2n) is 5.43. The largest absolute Gasteiger partial charge is 0.481 e. The molecular weight excluding hydrogens is 330 g/mol. The quantitative estimate of drug-likeness (QED) is 0.822. The molecule has 0 aliphatic heterocycles. The smallest absolute Gasteiger partial charge is 0.303 e.